The first-order valence-corrected chi connectivity index (χ1v) is 7.34. The van der Waals surface area contributed by atoms with Crippen LogP contribution < -0.4 is 14.8 Å². The van der Waals surface area contributed by atoms with Crippen LogP contribution in [-0.4, -0.2) is 32.7 Å². The average Bonchev–Trinajstić information content (AvgIpc) is 2.46. The number of hydrogen-bond donors (Lipinski definition) is 1. The van der Waals surface area contributed by atoms with Crippen LogP contribution in [0.5, 0.6) is 11.5 Å². The molecule has 1 N–H and O–H groups in total. The van der Waals surface area contributed by atoms with E-state index in [2.05, 4.69) is 12.2 Å². The molecule has 0 aliphatic heterocycles. The van der Waals surface area contributed by atoms with E-state index in [9.17, 15) is 0 Å². The summed E-state index contributed by atoms with van der Waals surface area (Å²) in [6.07, 6.45) is 2.33. The van der Waals surface area contributed by atoms with Gasteiger partial charge >= 0.3 is 0 Å². The summed E-state index contributed by atoms with van der Waals surface area (Å²) in [5.41, 5.74) is 0. The van der Waals surface area contributed by atoms with E-state index in [-0.39, 0.29) is 0 Å². The third kappa shape index (κ3) is 6.69. The number of benzene rings is 1. The SMILES string of the molecule is COc1ccccc1OCCNCCCC(C)CCl. The van der Waals surface area contributed by atoms with Gasteiger partial charge in [-0.05, 0) is 37.4 Å². The van der Waals surface area contributed by atoms with E-state index >= 15 is 0 Å². The Morgan fingerprint density at radius 1 is 1.21 bits per heavy atom. The first-order chi connectivity index (χ1) is 9.27. The van der Waals surface area contributed by atoms with Crippen molar-refractivity contribution in [3.8, 4) is 11.5 Å². The van der Waals surface area contributed by atoms with Gasteiger partial charge in [-0.15, -0.1) is 11.6 Å². The molecular weight excluding hydrogens is 262 g/mol. The fourth-order valence-corrected chi connectivity index (χ4v) is 1.90. The van der Waals surface area contributed by atoms with Crippen molar-refractivity contribution in [1.82, 2.24) is 5.32 Å². The minimum absolute atomic E-state index is 0.605. The molecule has 0 saturated heterocycles. The molecule has 19 heavy (non-hydrogen) atoms. The number of alkyl halides is 1. The lowest BCUT2D eigenvalue weighted by molar-refractivity contribution is 0.292. The topological polar surface area (TPSA) is 30.5 Å². The van der Waals surface area contributed by atoms with E-state index in [0.29, 0.717) is 12.5 Å². The number of methoxy groups -OCH3 is 1. The summed E-state index contributed by atoms with van der Waals surface area (Å²) in [6.45, 7) is 4.67. The number of halogens is 1. The summed E-state index contributed by atoms with van der Waals surface area (Å²) in [5, 5.41) is 3.36. The van der Waals surface area contributed by atoms with Crippen LogP contribution in [-0.2, 0) is 0 Å². The summed E-state index contributed by atoms with van der Waals surface area (Å²) in [5.74, 6) is 2.92. The lowest BCUT2D eigenvalue weighted by Gasteiger charge is -2.11. The van der Waals surface area contributed by atoms with Crippen LogP contribution in [0, 0.1) is 5.92 Å². The van der Waals surface area contributed by atoms with Crippen molar-refractivity contribution in [2.24, 2.45) is 5.92 Å². The Bertz CT molecular complexity index is 347. The zero-order valence-electron chi connectivity index (χ0n) is 11.8. The van der Waals surface area contributed by atoms with Crippen LogP contribution in [0.2, 0.25) is 0 Å². The second kappa shape index (κ2) is 9.93. The molecule has 0 aliphatic carbocycles. The highest BCUT2D eigenvalue weighted by Crippen LogP contribution is 2.25. The van der Waals surface area contributed by atoms with Crippen LogP contribution in [0.4, 0.5) is 0 Å². The second-order valence-electron chi connectivity index (χ2n) is 4.65. The smallest absolute Gasteiger partial charge is 0.161 e. The Kier molecular flexibility index (Phi) is 8.43. The molecule has 0 bridgehead atoms. The molecule has 1 atom stereocenters. The molecule has 3 nitrogen and oxygen atoms in total. The second-order valence-corrected chi connectivity index (χ2v) is 4.96. The molecule has 0 amide bonds. The van der Waals surface area contributed by atoms with Gasteiger partial charge in [-0.3, -0.25) is 0 Å². The first-order valence-electron chi connectivity index (χ1n) is 6.80. The van der Waals surface area contributed by atoms with Crippen LogP contribution >= 0.6 is 11.6 Å². The Labute approximate surface area is 121 Å². The third-order valence-electron chi connectivity index (χ3n) is 2.92. The standard InChI is InChI=1S/C15H24ClNO2/c1-13(12-16)6-5-9-17-10-11-19-15-8-4-3-7-14(15)18-2/h3-4,7-8,13,17H,5-6,9-12H2,1-2H3. The Balaban J connectivity index is 2.07. The van der Waals surface area contributed by atoms with E-state index in [1.54, 1.807) is 7.11 Å². The summed E-state index contributed by atoms with van der Waals surface area (Å²) in [7, 11) is 1.65. The molecule has 0 radical (unpaired) electrons. The maximum atomic E-state index is 5.76. The number of para-hydroxylation sites is 2. The van der Waals surface area contributed by atoms with Gasteiger partial charge in [-0.1, -0.05) is 19.1 Å². The normalized spacial score (nSPS) is 12.2. The van der Waals surface area contributed by atoms with Crippen molar-refractivity contribution < 1.29 is 9.47 Å². The van der Waals surface area contributed by atoms with Gasteiger partial charge in [0.05, 0.1) is 7.11 Å². The summed E-state index contributed by atoms with van der Waals surface area (Å²) in [6, 6.07) is 7.69. The molecule has 0 saturated carbocycles. The molecule has 108 valence electrons. The lowest BCUT2D eigenvalue weighted by Crippen LogP contribution is -2.22. The van der Waals surface area contributed by atoms with Crippen LogP contribution in [0.1, 0.15) is 19.8 Å². The van der Waals surface area contributed by atoms with Crippen molar-refractivity contribution in [3.05, 3.63) is 24.3 Å². The molecule has 4 heteroatoms. The number of nitrogens with one attached hydrogen (secondary N) is 1. The maximum absolute atomic E-state index is 5.76. The van der Waals surface area contributed by atoms with Crippen molar-refractivity contribution in [3.63, 3.8) is 0 Å². The van der Waals surface area contributed by atoms with Gasteiger partial charge in [0.25, 0.3) is 0 Å². The predicted octanol–water partition coefficient (Wildman–Crippen LogP) is 3.32. The highest BCUT2D eigenvalue weighted by molar-refractivity contribution is 6.18. The highest BCUT2D eigenvalue weighted by Gasteiger charge is 2.02. The molecule has 0 aromatic heterocycles. The molecule has 1 rings (SSSR count). The Morgan fingerprint density at radius 2 is 1.95 bits per heavy atom. The van der Waals surface area contributed by atoms with Gasteiger partial charge in [-0.2, -0.15) is 0 Å². The third-order valence-corrected chi connectivity index (χ3v) is 3.45. The van der Waals surface area contributed by atoms with Gasteiger partial charge in [0.1, 0.15) is 6.61 Å². The summed E-state index contributed by atoms with van der Waals surface area (Å²) in [4.78, 5) is 0. The molecular formula is C15H24ClNO2. The van der Waals surface area contributed by atoms with Crippen molar-refractivity contribution in [2.75, 3.05) is 32.7 Å². The molecule has 0 aliphatic rings. The monoisotopic (exact) mass is 285 g/mol. The average molecular weight is 286 g/mol. The number of hydrogen-bond acceptors (Lipinski definition) is 3. The maximum Gasteiger partial charge on any atom is 0.161 e. The van der Waals surface area contributed by atoms with Gasteiger partial charge < -0.3 is 14.8 Å². The molecule has 1 aromatic rings. The largest absolute Gasteiger partial charge is 0.493 e. The van der Waals surface area contributed by atoms with E-state index in [1.165, 1.54) is 6.42 Å². The molecule has 1 aromatic carbocycles. The zero-order valence-corrected chi connectivity index (χ0v) is 12.6. The molecule has 0 fully saturated rings. The van der Waals surface area contributed by atoms with Gasteiger partial charge in [0.15, 0.2) is 11.5 Å². The quantitative estimate of drug-likeness (QED) is 0.528. The number of rotatable bonds is 10. The first kappa shape index (κ1) is 16.1. The highest BCUT2D eigenvalue weighted by atomic mass is 35.5. The van der Waals surface area contributed by atoms with Gasteiger partial charge in [0, 0.05) is 12.4 Å². The minimum atomic E-state index is 0.605. The number of ether oxygens (including phenoxy) is 2. The molecule has 0 spiro atoms. The molecule has 1 unspecified atom stereocenters. The van der Waals surface area contributed by atoms with E-state index in [4.69, 9.17) is 21.1 Å². The predicted molar refractivity (Wildman–Crippen MR) is 80.5 cm³/mol. The van der Waals surface area contributed by atoms with Crippen molar-refractivity contribution in [2.45, 2.75) is 19.8 Å². The fraction of sp³-hybridized carbons (Fsp3) is 0.600. The zero-order chi connectivity index (χ0) is 13.9. The van der Waals surface area contributed by atoms with Crippen LogP contribution in [0.3, 0.4) is 0 Å². The van der Waals surface area contributed by atoms with Crippen molar-refractivity contribution >= 4 is 11.6 Å². The van der Waals surface area contributed by atoms with Crippen LogP contribution in [0.25, 0.3) is 0 Å². The van der Waals surface area contributed by atoms with Gasteiger partial charge in [0.2, 0.25) is 0 Å². The van der Waals surface area contributed by atoms with Crippen LogP contribution in [0.15, 0.2) is 24.3 Å². The minimum Gasteiger partial charge on any atom is -0.493 e. The van der Waals surface area contributed by atoms with Gasteiger partial charge in [-0.25, -0.2) is 0 Å². The summed E-state index contributed by atoms with van der Waals surface area (Å²) >= 11 is 5.76. The lowest BCUT2D eigenvalue weighted by atomic mass is 10.1. The van der Waals surface area contributed by atoms with Crippen molar-refractivity contribution in [1.29, 1.82) is 0 Å². The summed E-state index contributed by atoms with van der Waals surface area (Å²) < 4.78 is 10.9. The van der Waals surface area contributed by atoms with E-state index in [0.717, 1.165) is 36.9 Å². The Morgan fingerprint density at radius 3 is 2.63 bits per heavy atom. The fourth-order valence-electron chi connectivity index (χ4n) is 1.75. The van der Waals surface area contributed by atoms with E-state index in [1.807, 2.05) is 24.3 Å². The van der Waals surface area contributed by atoms with E-state index < -0.39 is 0 Å². The Hall–Kier alpha value is -0.930. The molecule has 0 heterocycles.